The molecule has 1 N–H and O–H groups in total. The second kappa shape index (κ2) is 18.6. The average molecular weight is 719 g/mol. The summed E-state index contributed by atoms with van der Waals surface area (Å²) in [6.45, 7) is 8.20. The Balaban J connectivity index is 1.19. The lowest BCUT2D eigenvalue weighted by molar-refractivity contribution is -0.142. The number of aryl methyl sites for hydroxylation is 1. The second-order valence-corrected chi connectivity index (χ2v) is 14.3. The third-order valence-electron chi connectivity index (χ3n) is 9.39. The smallest absolute Gasteiger partial charge is 0.310 e. The molecule has 0 spiro atoms. The monoisotopic (exact) mass is 718 g/mol. The van der Waals surface area contributed by atoms with Crippen molar-refractivity contribution >= 4 is 23.4 Å². The summed E-state index contributed by atoms with van der Waals surface area (Å²) in [6, 6.07) is 28.8. The van der Waals surface area contributed by atoms with Gasteiger partial charge in [-0.3, -0.25) is 9.36 Å². The summed E-state index contributed by atoms with van der Waals surface area (Å²) in [5.74, 6) is 2.34. The maximum Gasteiger partial charge on any atom is 0.310 e. The minimum Gasteiger partial charge on any atom is -0.493 e. The molecular weight excluding hydrogens is 669 g/mol. The number of hydrogen-bond donors (Lipinski definition) is 1. The minimum atomic E-state index is -0.214. The van der Waals surface area contributed by atoms with Gasteiger partial charge in [-0.25, -0.2) is 0 Å². The Labute approximate surface area is 312 Å². The highest BCUT2D eigenvalue weighted by Gasteiger charge is 2.21. The van der Waals surface area contributed by atoms with Crippen LogP contribution in [-0.2, 0) is 41.9 Å². The minimum absolute atomic E-state index is 0.214. The van der Waals surface area contributed by atoms with Crippen molar-refractivity contribution in [2.45, 2.75) is 102 Å². The van der Waals surface area contributed by atoms with Crippen molar-refractivity contribution in [3.05, 3.63) is 119 Å². The number of hydrogen-bond acceptors (Lipinski definition) is 8. The van der Waals surface area contributed by atoms with Crippen LogP contribution in [-0.4, -0.2) is 33.9 Å². The van der Waals surface area contributed by atoms with E-state index in [-0.39, 0.29) is 12.4 Å². The van der Waals surface area contributed by atoms with Crippen LogP contribution < -0.4 is 14.8 Å². The predicted octanol–water partition coefficient (Wildman–Crippen LogP) is 9.86. The third-order valence-corrected chi connectivity index (χ3v) is 10.3. The van der Waals surface area contributed by atoms with E-state index < -0.39 is 0 Å². The van der Waals surface area contributed by atoms with Crippen LogP contribution in [0.4, 0.5) is 5.69 Å². The highest BCUT2D eigenvalue weighted by molar-refractivity contribution is 7.99. The third kappa shape index (κ3) is 9.76. The molecule has 52 heavy (non-hydrogen) atoms. The molecule has 5 aromatic rings. The Morgan fingerprint density at radius 1 is 0.846 bits per heavy atom. The van der Waals surface area contributed by atoms with Gasteiger partial charge in [0.1, 0.15) is 18.1 Å². The number of unbranched alkanes of at least 4 members (excludes halogenated alkanes) is 4. The van der Waals surface area contributed by atoms with E-state index in [9.17, 15) is 4.79 Å². The number of ether oxygens (including phenoxy) is 3. The highest BCUT2D eigenvalue weighted by Crippen LogP contribution is 2.36. The number of benzene rings is 4. The topological polar surface area (TPSA) is 87.5 Å². The average Bonchev–Trinajstić information content (AvgIpc) is 3.82. The Bertz CT molecular complexity index is 1910. The Morgan fingerprint density at radius 3 is 2.46 bits per heavy atom. The molecule has 0 aliphatic heterocycles. The predicted molar refractivity (Wildman–Crippen MR) is 208 cm³/mol. The van der Waals surface area contributed by atoms with Gasteiger partial charge in [0.15, 0.2) is 5.82 Å². The van der Waals surface area contributed by atoms with E-state index in [1.165, 1.54) is 42.4 Å². The Hall–Kier alpha value is -4.76. The molecule has 8 nitrogen and oxygen atoms in total. The molecule has 6 rings (SSSR count). The highest BCUT2D eigenvalue weighted by atomic mass is 32.2. The van der Waals surface area contributed by atoms with Crippen molar-refractivity contribution in [3.63, 3.8) is 0 Å². The van der Waals surface area contributed by atoms with Crippen LogP contribution in [0.15, 0.2) is 95.0 Å². The zero-order valence-corrected chi connectivity index (χ0v) is 31.5. The van der Waals surface area contributed by atoms with E-state index in [2.05, 4.69) is 76.4 Å². The molecule has 272 valence electrons. The molecule has 0 atom stereocenters. The first-order chi connectivity index (χ1) is 25.5. The SMILES string of the molecule is CCCCCCCOc1cc(Sc2nnc(COc3ccc(C)c4c3CCC4)n2-c2ccccc2)ccc1CNc1ccc(CC(=O)OCC)cc1. The molecule has 0 saturated carbocycles. The van der Waals surface area contributed by atoms with Crippen LogP contribution in [0.1, 0.15) is 86.0 Å². The van der Waals surface area contributed by atoms with E-state index in [4.69, 9.17) is 14.2 Å². The number of carbonyl (C=O) groups excluding carboxylic acids is 1. The van der Waals surface area contributed by atoms with Crippen molar-refractivity contribution in [3.8, 4) is 17.2 Å². The molecule has 1 aliphatic rings. The molecule has 0 bridgehead atoms. The summed E-state index contributed by atoms with van der Waals surface area (Å²) in [4.78, 5) is 12.9. The fourth-order valence-electron chi connectivity index (χ4n) is 6.61. The zero-order valence-electron chi connectivity index (χ0n) is 30.7. The van der Waals surface area contributed by atoms with Crippen LogP contribution in [0, 0.1) is 6.92 Å². The molecular formula is C43H50N4O4S. The van der Waals surface area contributed by atoms with Crippen LogP contribution in [0.3, 0.4) is 0 Å². The number of nitrogens with zero attached hydrogens (tertiary/aromatic N) is 3. The van der Waals surface area contributed by atoms with E-state index in [0.29, 0.717) is 26.4 Å². The summed E-state index contributed by atoms with van der Waals surface area (Å²) in [5, 5.41) is 13.6. The maximum atomic E-state index is 11.9. The summed E-state index contributed by atoms with van der Waals surface area (Å²) in [5.41, 5.74) is 8.05. The van der Waals surface area contributed by atoms with Gasteiger partial charge in [0, 0.05) is 28.4 Å². The number of nitrogens with one attached hydrogen (secondary N) is 1. The summed E-state index contributed by atoms with van der Waals surface area (Å²) >= 11 is 1.57. The van der Waals surface area contributed by atoms with E-state index >= 15 is 0 Å². The number of fused-ring (bicyclic) bond motifs is 1. The van der Waals surface area contributed by atoms with Crippen LogP contribution in [0.25, 0.3) is 5.69 Å². The first-order valence-electron chi connectivity index (χ1n) is 18.7. The largest absolute Gasteiger partial charge is 0.493 e. The number of anilines is 1. The van der Waals surface area contributed by atoms with Gasteiger partial charge in [-0.2, -0.15) is 0 Å². The van der Waals surface area contributed by atoms with Gasteiger partial charge < -0.3 is 19.5 Å². The standard InChI is InChI=1S/C43H50N4O4S/c1-4-6-7-8-12-26-50-40-28-36(24-21-33(40)29-44-34-22-19-32(20-23-34)27-42(48)49-5-2)52-43-46-45-41(47(43)35-14-10-9-11-15-35)30-51-39-25-18-31(3)37-16-13-17-38(37)39/h9-11,14-15,18-25,28,44H,4-8,12-13,16-17,26-27,29-30H2,1-3H3. The fraction of sp³-hybridized carbons (Fsp3) is 0.372. The molecule has 1 aliphatic carbocycles. The number of para-hydroxylation sites is 1. The molecule has 9 heteroatoms. The number of aromatic nitrogens is 3. The molecule has 4 aromatic carbocycles. The van der Waals surface area contributed by atoms with Gasteiger partial charge in [0.05, 0.1) is 19.6 Å². The van der Waals surface area contributed by atoms with Crippen molar-refractivity contribution in [1.29, 1.82) is 0 Å². The molecule has 0 radical (unpaired) electrons. The van der Waals surface area contributed by atoms with Gasteiger partial charge >= 0.3 is 5.97 Å². The second-order valence-electron chi connectivity index (χ2n) is 13.2. The molecule has 1 aromatic heterocycles. The lowest BCUT2D eigenvalue weighted by Gasteiger charge is -2.16. The summed E-state index contributed by atoms with van der Waals surface area (Å²) in [7, 11) is 0. The first-order valence-corrected chi connectivity index (χ1v) is 19.5. The summed E-state index contributed by atoms with van der Waals surface area (Å²) < 4.78 is 20.1. The van der Waals surface area contributed by atoms with Crippen molar-refractivity contribution in [2.75, 3.05) is 18.5 Å². The quantitative estimate of drug-likeness (QED) is 0.0667. The van der Waals surface area contributed by atoms with Crippen LogP contribution in [0.5, 0.6) is 11.5 Å². The number of esters is 1. The zero-order chi connectivity index (χ0) is 36.1. The Morgan fingerprint density at radius 2 is 1.65 bits per heavy atom. The fourth-order valence-corrected chi connectivity index (χ4v) is 7.51. The molecule has 0 unspecified atom stereocenters. The van der Waals surface area contributed by atoms with Gasteiger partial charge in [-0.05, 0) is 116 Å². The van der Waals surface area contributed by atoms with Gasteiger partial charge in [-0.1, -0.05) is 75.1 Å². The van der Waals surface area contributed by atoms with Crippen LogP contribution in [0.2, 0.25) is 0 Å². The van der Waals surface area contributed by atoms with Crippen molar-refractivity contribution in [2.24, 2.45) is 0 Å². The summed E-state index contributed by atoms with van der Waals surface area (Å²) in [6.07, 6.45) is 9.47. The number of carbonyl (C=O) groups is 1. The van der Waals surface area contributed by atoms with Crippen LogP contribution >= 0.6 is 11.8 Å². The van der Waals surface area contributed by atoms with Crippen molar-refractivity contribution in [1.82, 2.24) is 14.8 Å². The molecule has 0 fully saturated rings. The Kier molecular flexibility index (Phi) is 13.3. The lowest BCUT2D eigenvalue weighted by Crippen LogP contribution is -2.08. The normalized spacial score (nSPS) is 12.1. The van der Waals surface area contributed by atoms with Crippen molar-refractivity contribution < 1.29 is 19.0 Å². The van der Waals surface area contributed by atoms with E-state index in [0.717, 1.165) is 75.6 Å². The number of rotatable bonds is 19. The van der Waals surface area contributed by atoms with Gasteiger partial charge in [0.25, 0.3) is 0 Å². The maximum absolute atomic E-state index is 11.9. The first kappa shape index (κ1) is 37.0. The van der Waals surface area contributed by atoms with Gasteiger partial charge in [0.2, 0.25) is 5.16 Å². The van der Waals surface area contributed by atoms with Gasteiger partial charge in [-0.15, -0.1) is 10.2 Å². The van der Waals surface area contributed by atoms with E-state index in [1.807, 2.05) is 49.4 Å². The lowest BCUT2D eigenvalue weighted by atomic mass is 10.0. The van der Waals surface area contributed by atoms with E-state index in [1.54, 1.807) is 11.8 Å². The molecule has 0 saturated heterocycles. The molecule has 0 amide bonds. The molecule has 1 heterocycles.